The highest BCUT2D eigenvalue weighted by molar-refractivity contribution is 7.91. The van der Waals surface area contributed by atoms with Gasteiger partial charge in [-0.1, -0.05) is 0 Å². The molecule has 18 heavy (non-hydrogen) atoms. The summed E-state index contributed by atoms with van der Waals surface area (Å²) in [4.78, 5) is 14.0. The lowest BCUT2D eigenvalue weighted by atomic mass is 10.2. The Morgan fingerprint density at radius 2 is 2.33 bits per heavy atom. The van der Waals surface area contributed by atoms with E-state index in [4.69, 9.17) is 5.14 Å². The first-order chi connectivity index (χ1) is 8.39. The van der Waals surface area contributed by atoms with Crippen molar-refractivity contribution in [3.8, 4) is 0 Å². The predicted octanol–water partition coefficient (Wildman–Crippen LogP) is -0.171. The third-order valence-electron chi connectivity index (χ3n) is 2.86. The van der Waals surface area contributed by atoms with Crippen molar-refractivity contribution in [3.63, 3.8) is 0 Å². The fourth-order valence-electron chi connectivity index (χ4n) is 1.89. The molecule has 2 rings (SSSR count). The molecule has 0 unspecified atom stereocenters. The van der Waals surface area contributed by atoms with Crippen molar-refractivity contribution < 1.29 is 13.2 Å². The molecule has 1 amide bonds. The number of carbonyl (C=O) groups excluding carboxylic acids is 1. The maximum atomic E-state index is 12.2. The van der Waals surface area contributed by atoms with Gasteiger partial charge in [0.25, 0.3) is 5.91 Å². The average molecular weight is 289 g/mol. The van der Waals surface area contributed by atoms with Crippen LogP contribution >= 0.6 is 11.3 Å². The number of primary sulfonamides is 1. The summed E-state index contributed by atoms with van der Waals surface area (Å²) in [5.41, 5.74) is 0.387. The Morgan fingerprint density at radius 1 is 1.61 bits per heavy atom. The number of piperazine rings is 1. The topological polar surface area (TPSA) is 92.5 Å². The van der Waals surface area contributed by atoms with Gasteiger partial charge in [-0.3, -0.25) is 4.79 Å². The van der Waals surface area contributed by atoms with Crippen molar-refractivity contribution >= 4 is 27.3 Å². The molecule has 0 bridgehead atoms. The molecule has 1 aromatic heterocycles. The fourth-order valence-corrected chi connectivity index (χ4v) is 3.47. The highest BCUT2D eigenvalue weighted by Crippen LogP contribution is 2.21. The van der Waals surface area contributed by atoms with Crippen molar-refractivity contribution in [2.24, 2.45) is 5.14 Å². The third-order valence-corrected chi connectivity index (χ3v) is 5.25. The number of nitrogens with zero attached hydrogens (tertiary/aromatic N) is 1. The molecule has 3 N–H and O–H groups in total. The van der Waals surface area contributed by atoms with Crippen molar-refractivity contribution in [2.45, 2.75) is 17.2 Å². The minimum atomic E-state index is -3.72. The predicted molar refractivity (Wildman–Crippen MR) is 69.1 cm³/mol. The van der Waals surface area contributed by atoms with E-state index < -0.39 is 10.0 Å². The lowest BCUT2D eigenvalue weighted by Crippen LogP contribution is -2.52. The second-order valence-corrected chi connectivity index (χ2v) is 6.95. The Bertz CT molecular complexity index is 552. The molecular weight excluding hydrogens is 274 g/mol. The molecule has 1 aromatic rings. The van der Waals surface area contributed by atoms with Crippen molar-refractivity contribution in [3.05, 3.63) is 17.0 Å². The normalized spacial score (nSPS) is 21.0. The van der Waals surface area contributed by atoms with Crippen LogP contribution in [-0.4, -0.2) is 44.9 Å². The van der Waals surface area contributed by atoms with Gasteiger partial charge in [0.15, 0.2) is 0 Å². The van der Waals surface area contributed by atoms with Crippen molar-refractivity contribution in [1.82, 2.24) is 10.2 Å². The van der Waals surface area contributed by atoms with E-state index in [1.165, 1.54) is 11.4 Å². The highest BCUT2D eigenvalue weighted by Gasteiger charge is 2.25. The van der Waals surface area contributed by atoms with E-state index in [0.29, 0.717) is 12.1 Å². The van der Waals surface area contributed by atoms with Crippen LogP contribution in [0.25, 0.3) is 0 Å². The van der Waals surface area contributed by atoms with Gasteiger partial charge in [0, 0.05) is 31.1 Å². The number of thiophene rings is 1. The number of nitrogens with two attached hydrogens (primary N) is 1. The Kier molecular flexibility index (Phi) is 3.71. The average Bonchev–Trinajstić information content (AvgIpc) is 2.77. The monoisotopic (exact) mass is 289 g/mol. The van der Waals surface area contributed by atoms with Crippen molar-refractivity contribution in [2.75, 3.05) is 19.6 Å². The zero-order valence-corrected chi connectivity index (χ0v) is 11.6. The summed E-state index contributed by atoms with van der Waals surface area (Å²) in [6.45, 7) is 4.08. The third kappa shape index (κ3) is 2.72. The summed E-state index contributed by atoms with van der Waals surface area (Å²) in [5.74, 6) is -0.143. The first kappa shape index (κ1) is 13.5. The van der Waals surface area contributed by atoms with Gasteiger partial charge in [-0.25, -0.2) is 13.6 Å². The van der Waals surface area contributed by atoms with Crippen LogP contribution in [0, 0.1) is 0 Å². The molecule has 0 spiro atoms. The van der Waals surface area contributed by atoms with Gasteiger partial charge in [-0.15, -0.1) is 11.3 Å². The number of rotatable bonds is 2. The molecule has 0 radical (unpaired) electrons. The molecule has 8 heteroatoms. The first-order valence-electron chi connectivity index (χ1n) is 5.52. The zero-order chi connectivity index (χ0) is 13.3. The maximum Gasteiger partial charge on any atom is 0.255 e. The Hall–Kier alpha value is -0.960. The summed E-state index contributed by atoms with van der Waals surface area (Å²) >= 11 is 0.974. The summed E-state index contributed by atoms with van der Waals surface area (Å²) < 4.78 is 22.3. The molecule has 1 aliphatic rings. The summed E-state index contributed by atoms with van der Waals surface area (Å²) in [5, 5.41) is 9.76. The maximum absolute atomic E-state index is 12.2. The molecule has 1 fully saturated rings. The summed E-state index contributed by atoms with van der Waals surface area (Å²) in [6, 6.07) is 1.45. The van der Waals surface area contributed by atoms with Crippen LogP contribution in [0.2, 0.25) is 0 Å². The Morgan fingerprint density at radius 3 is 2.89 bits per heavy atom. The van der Waals surface area contributed by atoms with Gasteiger partial charge >= 0.3 is 0 Å². The van der Waals surface area contributed by atoms with Gasteiger partial charge in [0.2, 0.25) is 10.0 Å². The second-order valence-electron chi connectivity index (χ2n) is 4.25. The smallest absolute Gasteiger partial charge is 0.255 e. The largest absolute Gasteiger partial charge is 0.333 e. The number of amides is 1. The number of carbonyl (C=O) groups is 1. The van der Waals surface area contributed by atoms with E-state index in [1.807, 2.05) is 6.92 Å². The van der Waals surface area contributed by atoms with Gasteiger partial charge in [-0.05, 0) is 13.0 Å². The number of sulfonamides is 1. The van der Waals surface area contributed by atoms with Gasteiger partial charge < -0.3 is 10.2 Å². The molecule has 2 heterocycles. The lowest BCUT2D eigenvalue weighted by molar-refractivity contribution is 0.0656. The molecule has 100 valence electrons. The molecular formula is C10H15N3O3S2. The molecule has 6 nitrogen and oxygen atoms in total. The van der Waals surface area contributed by atoms with E-state index in [9.17, 15) is 13.2 Å². The first-order valence-corrected chi connectivity index (χ1v) is 7.95. The molecule has 0 saturated carbocycles. The quantitative estimate of drug-likeness (QED) is 0.790. The Balaban J connectivity index is 2.21. The minimum absolute atomic E-state index is 0.0219. The second kappa shape index (κ2) is 4.96. The standard InChI is InChI=1S/C10H15N3O3S2/c1-7-5-12-2-3-13(7)10(14)8-4-9(17-6-8)18(11,15)16/h4,6-7,12H,2-3,5H2,1H3,(H2,11,15,16)/t7-/m1/s1. The molecule has 1 aliphatic heterocycles. The van der Waals surface area contributed by atoms with Crippen molar-refractivity contribution in [1.29, 1.82) is 0 Å². The molecule has 0 aliphatic carbocycles. The van der Waals surface area contributed by atoms with E-state index >= 15 is 0 Å². The van der Waals surface area contributed by atoms with Crippen LogP contribution in [-0.2, 0) is 10.0 Å². The number of hydrogen-bond donors (Lipinski definition) is 2. The SMILES string of the molecule is C[C@@H]1CNCCN1C(=O)c1csc(S(N)(=O)=O)c1. The fraction of sp³-hybridized carbons (Fsp3) is 0.500. The van der Waals surface area contributed by atoms with E-state index in [-0.39, 0.29) is 16.2 Å². The summed E-state index contributed by atoms with van der Waals surface area (Å²) in [6.07, 6.45) is 0. The highest BCUT2D eigenvalue weighted by atomic mass is 32.2. The van der Waals surface area contributed by atoms with Crippen LogP contribution in [0.3, 0.4) is 0 Å². The Labute approximate surface area is 110 Å². The van der Waals surface area contributed by atoms with E-state index in [2.05, 4.69) is 5.32 Å². The van der Waals surface area contributed by atoms with E-state index in [0.717, 1.165) is 24.4 Å². The zero-order valence-electron chi connectivity index (χ0n) is 9.92. The lowest BCUT2D eigenvalue weighted by Gasteiger charge is -2.33. The van der Waals surface area contributed by atoms with Crippen LogP contribution in [0.1, 0.15) is 17.3 Å². The van der Waals surface area contributed by atoms with Gasteiger partial charge in [0.05, 0.1) is 5.56 Å². The minimum Gasteiger partial charge on any atom is -0.333 e. The molecule has 1 atom stereocenters. The van der Waals surface area contributed by atoms with Crippen LogP contribution in [0.15, 0.2) is 15.7 Å². The van der Waals surface area contributed by atoms with Gasteiger partial charge in [-0.2, -0.15) is 0 Å². The van der Waals surface area contributed by atoms with Gasteiger partial charge in [0.1, 0.15) is 4.21 Å². The molecule has 0 aromatic carbocycles. The number of hydrogen-bond acceptors (Lipinski definition) is 5. The summed E-state index contributed by atoms with van der Waals surface area (Å²) in [7, 11) is -3.72. The van der Waals surface area contributed by atoms with Crippen LogP contribution in [0.5, 0.6) is 0 Å². The van der Waals surface area contributed by atoms with E-state index in [1.54, 1.807) is 4.90 Å². The van der Waals surface area contributed by atoms with Crippen LogP contribution in [0.4, 0.5) is 0 Å². The molecule has 1 saturated heterocycles. The van der Waals surface area contributed by atoms with Crippen LogP contribution < -0.4 is 10.5 Å². The number of nitrogens with one attached hydrogen (secondary N) is 1.